The number of nitrogens with one attached hydrogen (secondary N) is 1. The van der Waals surface area contributed by atoms with Gasteiger partial charge in [0.1, 0.15) is 18.2 Å². The van der Waals surface area contributed by atoms with Crippen molar-refractivity contribution < 1.29 is 26.8 Å². The van der Waals surface area contributed by atoms with Gasteiger partial charge in [0.25, 0.3) is 5.91 Å². The number of halogens is 1. The molecule has 0 bridgehead atoms. The molecule has 1 aliphatic heterocycles. The van der Waals surface area contributed by atoms with Crippen LogP contribution in [0.5, 0.6) is 0 Å². The summed E-state index contributed by atoms with van der Waals surface area (Å²) in [6.45, 7) is 1.12. The largest absolute Gasteiger partial charge is 0.453 e. The minimum atomic E-state index is -3.72. The zero-order chi connectivity index (χ0) is 19.4. The van der Waals surface area contributed by atoms with Gasteiger partial charge in [-0.05, 0) is 49.2 Å². The molecule has 7 nitrogen and oxygen atoms in total. The summed E-state index contributed by atoms with van der Waals surface area (Å²) in [5.41, 5.74) is 0. The highest BCUT2D eigenvalue weighted by Gasteiger charge is 2.28. The number of piperidine rings is 1. The van der Waals surface area contributed by atoms with Crippen molar-refractivity contribution >= 4 is 15.9 Å². The normalized spacial score (nSPS) is 15.9. The molecule has 1 amide bonds. The fourth-order valence-corrected chi connectivity index (χ4v) is 4.28. The smallest absolute Gasteiger partial charge is 0.289 e. The Labute approximate surface area is 157 Å². The van der Waals surface area contributed by atoms with E-state index >= 15 is 0 Å². The molecule has 2 aromatic rings. The Morgan fingerprint density at radius 1 is 1.22 bits per heavy atom. The van der Waals surface area contributed by atoms with Crippen LogP contribution in [0.25, 0.3) is 0 Å². The molecular formula is C18H21FN2O5S. The molecule has 0 spiro atoms. The van der Waals surface area contributed by atoms with Crippen LogP contribution in [0.1, 0.15) is 29.2 Å². The molecule has 0 unspecified atom stereocenters. The molecule has 0 radical (unpaired) electrons. The summed E-state index contributed by atoms with van der Waals surface area (Å²) in [6.07, 6.45) is 0.968. The first kappa shape index (κ1) is 19.5. The predicted octanol–water partition coefficient (Wildman–Crippen LogP) is 2.15. The molecule has 0 atom stereocenters. The Morgan fingerprint density at radius 3 is 2.52 bits per heavy atom. The van der Waals surface area contributed by atoms with E-state index in [0.717, 1.165) is 12.1 Å². The fraction of sp³-hybridized carbons (Fsp3) is 0.389. The van der Waals surface area contributed by atoms with E-state index in [1.54, 1.807) is 24.1 Å². The standard InChI is InChI=1S/C18H21FN2O5S/c1-25-12-15-4-7-17(26-15)18(22)21-10-8-14(9-11-21)20-27(23,24)16-5-2-13(19)3-6-16/h2-7,14,20H,8-12H2,1H3. The van der Waals surface area contributed by atoms with Gasteiger partial charge >= 0.3 is 0 Å². The van der Waals surface area contributed by atoms with Crippen LogP contribution in [0.4, 0.5) is 4.39 Å². The third kappa shape index (κ3) is 4.74. The van der Waals surface area contributed by atoms with Gasteiger partial charge in [0.05, 0.1) is 4.90 Å². The molecular weight excluding hydrogens is 375 g/mol. The van der Waals surface area contributed by atoms with Crippen LogP contribution in [0.2, 0.25) is 0 Å². The monoisotopic (exact) mass is 396 g/mol. The molecule has 1 aromatic carbocycles. The Bertz CT molecular complexity index is 887. The van der Waals surface area contributed by atoms with E-state index in [2.05, 4.69) is 4.72 Å². The van der Waals surface area contributed by atoms with Crippen molar-refractivity contribution in [1.29, 1.82) is 0 Å². The SMILES string of the molecule is COCc1ccc(C(=O)N2CCC(NS(=O)(=O)c3ccc(F)cc3)CC2)o1. The molecule has 146 valence electrons. The third-order valence-corrected chi connectivity index (χ3v) is 5.92. The van der Waals surface area contributed by atoms with E-state index in [-0.39, 0.29) is 22.6 Å². The summed E-state index contributed by atoms with van der Waals surface area (Å²) < 4.78 is 50.8. The number of likely N-dealkylation sites (tertiary alicyclic amines) is 1. The van der Waals surface area contributed by atoms with Crippen molar-refractivity contribution in [3.05, 3.63) is 53.7 Å². The van der Waals surface area contributed by atoms with E-state index in [9.17, 15) is 17.6 Å². The van der Waals surface area contributed by atoms with Gasteiger partial charge in [0, 0.05) is 26.2 Å². The maximum absolute atomic E-state index is 13.0. The molecule has 1 fully saturated rings. The lowest BCUT2D eigenvalue weighted by molar-refractivity contribution is 0.0671. The topological polar surface area (TPSA) is 88.9 Å². The first-order valence-corrected chi connectivity index (χ1v) is 10.0. The van der Waals surface area contributed by atoms with E-state index in [1.165, 1.54) is 12.1 Å². The van der Waals surface area contributed by atoms with Crippen molar-refractivity contribution in [2.24, 2.45) is 0 Å². The molecule has 1 aromatic heterocycles. The molecule has 9 heteroatoms. The highest BCUT2D eigenvalue weighted by Crippen LogP contribution is 2.18. The maximum Gasteiger partial charge on any atom is 0.289 e. The molecule has 1 aliphatic rings. The number of amides is 1. The van der Waals surface area contributed by atoms with Crippen molar-refractivity contribution in [2.45, 2.75) is 30.4 Å². The summed E-state index contributed by atoms with van der Waals surface area (Å²) in [4.78, 5) is 14.1. The first-order valence-electron chi connectivity index (χ1n) is 8.54. The Morgan fingerprint density at radius 2 is 1.89 bits per heavy atom. The van der Waals surface area contributed by atoms with E-state index in [4.69, 9.17) is 9.15 Å². The number of rotatable bonds is 6. The van der Waals surface area contributed by atoms with Gasteiger partial charge in [-0.1, -0.05) is 0 Å². The number of carbonyl (C=O) groups excluding carboxylic acids is 1. The quantitative estimate of drug-likeness (QED) is 0.808. The molecule has 1 saturated heterocycles. The average Bonchev–Trinajstić information content (AvgIpc) is 3.11. The first-order chi connectivity index (χ1) is 12.9. The second-order valence-corrected chi connectivity index (χ2v) is 8.05. The maximum atomic E-state index is 13.0. The number of hydrogen-bond acceptors (Lipinski definition) is 5. The molecule has 1 N–H and O–H groups in total. The van der Waals surface area contributed by atoms with E-state index in [0.29, 0.717) is 38.3 Å². The fourth-order valence-electron chi connectivity index (χ4n) is 2.97. The van der Waals surface area contributed by atoms with Crippen LogP contribution < -0.4 is 4.72 Å². The Hall–Kier alpha value is -2.23. The number of methoxy groups -OCH3 is 1. The number of hydrogen-bond donors (Lipinski definition) is 1. The number of furan rings is 1. The summed E-state index contributed by atoms with van der Waals surface area (Å²) in [6, 6.07) is 7.69. The van der Waals surface area contributed by atoms with Crippen LogP contribution in [-0.4, -0.2) is 45.5 Å². The minimum Gasteiger partial charge on any atom is -0.453 e. The highest BCUT2D eigenvalue weighted by atomic mass is 32.2. The van der Waals surface area contributed by atoms with Crippen LogP contribution in [-0.2, 0) is 21.4 Å². The molecule has 2 heterocycles. The lowest BCUT2D eigenvalue weighted by Gasteiger charge is -2.31. The van der Waals surface area contributed by atoms with Crippen molar-refractivity contribution in [2.75, 3.05) is 20.2 Å². The van der Waals surface area contributed by atoms with Crippen LogP contribution in [0.15, 0.2) is 45.7 Å². The molecule has 3 rings (SSSR count). The minimum absolute atomic E-state index is 0.0173. The van der Waals surface area contributed by atoms with E-state index < -0.39 is 15.8 Å². The highest BCUT2D eigenvalue weighted by molar-refractivity contribution is 7.89. The zero-order valence-electron chi connectivity index (χ0n) is 14.9. The third-order valence-electron chi connectivity index (χ3n) is 4.39. The molecule has 0 saturated carbocycles. The second-order valence-electron chi connectivity index (χ2n) is 6.34. The lowest BCUT2D eigenvalue weighted by Crippen LogP contribution is -2.46. The summed E-state index contributed by atoms with van der Waals surface area (Å²) in [5.74, 6) is 0.0970. The number of benzene rings is 1. The number of nitrogens with zero attached hydrogens (tertiary/aromatic N) is 1. The van der Waals surface area contributed by atoms with Crippen LogP contribution in [0, 0.1) is 5.82 Å². The van der Waals surface area contributed by atoms with Gasteiger partial charge in [0.15, 0.2) is 5.76 Å². The second kappa shape index (κ2) is 8.20. The zero-order valence-corrected chi connectivity index (χ0v) is 15.7. The predicted molar refractivity (Wildman–Crippen MR) is 95.1 cm³/mol. The van der Waals surface area contributed by atoms with Gasteiger partial charge in [-0.3, -0.25) is 4.79 Å². The molecule has 27 heavy (non-hydrogen) atoms. The lowest BCUT2D eigenvalue weighted by atomic mass is 10.1. The summed E-state index contributed by atoms with van der Waals surface area (Å²) >= 11 is 0. The van der Waals surface area contributed by atoms with Gasteiger partial charge < -0.3 is 14.1 Å². The average molecular weight is 396 g/mol. The van der Waals surface area contributed by atoms with Gasteiger partial charge in [0.2, 0.25) is 10.0 Å². The van der Waals surface area contributed by atoms with Crippen molar-refractivity contribution in [1.82, 2.24) is 9.62 Å². The van der Waals surface area contributed by atoms with Crippen molar-refractivity contribution in [3.63, 3.8) is 0 Å². The Balaban J connectivity index is 1.56. The summed E-state index contributed by atoms with van der Waals surface area (Å²) in [5, 5.41) is 0. The number of carbonyl (C=O) groups is 1. The van der Waals surface area contributed by atoms with Crippen LogP contribution in [0.3, 0.4) is 0 Å². The molecule has 0 aliphatic carbocycles. The Kier molecular flexibility index (Phi) is 5.93. The van der Waals surface area contributed by atoms with Crippen LogP contribution >= 0.6 is 0 Å². The van der Waals surface area contributed by atoms with Gasteiger partial charge in [-0.15, -0.1) is 0 Å². The van der Waals surface area contributed by atoms with Crippen molar-refractivity contribution in [3.8, 4) is 0 Å². The number of ether oxygens (including phenoxy) is 1. The van der Waals surface area contributed by atoms with Gasteiger partial charge in [-0.25, -0.2) is 17.5 Å². The number of sulfonamides is 1. The van der Waals surface area contributed by atoms with E-state index in [1.807, 2.05) is 0 Å². The summed E-state index contributed by atoms with van der Waals surface area (Å²) in [7, 11) is -2.18. The van der Waals surface area contributed by atoms with Gasteiger partial charge in [-0.2, -0.15) is 0 Å².